The Morgan fingerprint density at radius 1 is 1.35 bits per heavy atom. The molecule has 0 aliphatic carbocycles. The minimum atomic E-state index is -0.288. The topological polar surface area (TPSA) is 17.1 Å². The summed E-state index contributed by atoms with van der Waals surface area (Å²) in [4.78, 5) is 12.7. The number of carbonyl (C=O) groups excluding carboxylic acids is 1. The molecule has 0 saturated carbocycles. The van der Waals surface area contributed by atoms with Crippen molar-refractivity contribution in [3.05, 3.63) is 57.8 Å². The van der Waals surface area contributed by atoms with Crippen LogP contribution in [0.1, 0.15) is 21.9 Å². The minimum absolute atomic E-state index is 0.241. The summed E-state index contributed by atoms with van der Waals surface area (Å²) in [6, 6.07) is 12.0. The van der Waals surface area contributed by atoms with Gasteiger partial charge in [-0.3, -0.25) is 4.79 Å². The van der Waals surface area contributed by atoms with Gasteiger partial charge in [-0.15, -0.1) is 11.3 Å². The first-order chi connectivity index (χ1) is 8.16. The van der Waals surface area contributed by atoms with Crippen molar-refractivity contribution in [2.45, 2.75) is 19.3 Å². The van der Waals surface area contributed by atoms with E-state index in [1.807, 2.05) is 48.7 Å². The van der Waals surface area contributed by atoms with Crippen LogP contribution in [0.15, 0.2) is 41.8 Å². The summed E-state index contributed by atoms with van der Waals surface area (Å²) in [6.45, 7) is 2.02. The maximum Gasteiger partial charge on any atom is 0.229 e. The average molecular weight is 265 g/mol. The van der Waals surface area contributed by atoms with E-state index in [0.29, 0.717) is 6.42 Å². The average Bonchev–Trinajstić information content (AvgIpc) is 2.78. The van der Waals surface area contributed by atoms with Crippen molar-refractivity contribution in [2.75, 3.05) is 0 Å². The zero-order chi connectivity index (χ0) is 12.3. The lowest BCUT2D eigenvalue weighted by molar-refractivity contribution is -0.113. The summed E-state index contributed by atoms with van der Waals surface area (Å²) >= 11 is 7.37. The Morgan fingerprint density at radius 2 is 2.18 bits per heavy atom. The Kier molecular flexibility index (Phi) is 3.97. The lowest BCUT2D eigenvalue weighted by Crippen LogP contribution is -2.09. The Hall–Kier alpha value is -1.12. The maximum atomic E-state index is 11.6. The van der Waals surface area contributed by atoms with Gasteiger partial charge in [-0.25, -0.2) is 0 Å². The highest BCUT2D eigenvalue weighted by molar-refractivity contribution is 7.09. The quantitative estimate of drug-likeness (QED) is 0.759. The van der Waals surface area contributed by atoms with E-state index in [-0.39, 0.29) is 11.2 Å². The molecule has 0 aliphatic heterocycles. The first kappa shape index (κ1) is 12.3. The molecular weight excluding hydrogens is 252 g/mol. The highest BCUT2D eigenvalue weighted by Gasteiger charge is 2.19. The molecule has 1 atom stereocenters. The van der Waals surface area contributed by atoms with Crippen molar-refractivity contribution in [1.82, 2.24) is 0 Å². The summed E-state index contributed by atoms with van der Waals surface area (Å²) in [5, 5.41) is 1.73. The van der Waals surface area contributed by atoms with Gasteiger partial charge in [0.15, 0.2) is 0 Å². The van der Waals surface area contributed by atoms with Gasteiger partial charge in [0, 0.05) is 4.88 Å². The van der Waals surface area contributed by atoms with Crippen LogP contribution in [0.4, 0.5) is 0 Å². The molecule has 1 nitrogen and oxygen atoms in total. The van der Waals surface area contributed by atoms with Crippen molar-refractivity contribution in [2.24, 2.45) is 0 Å². The summed E-state index contributed by atoms with van der Waals surface area (Å²) in [7, 11) is 0. The van der Waals surface area contributed by atoms with E-state index in [0.717, 1.165) is 11.1 Å². The second-order valence-electron chi connectivity index (χ2n) is 4.05. The molecule has 0 saturated heterocycles. The molecule has 1 heterocycles. The molecule has 0 amide bonds. The van der Waals surface area contributed by atoms with Crippen molar-refractivity contribution in [3.8, 4) is 0 Å². The largest absolute Gasteiger partial charge is 0.281 e. The lowest BCUT2D eigenvalue weighted by Gasteiger charge is -2.12. The molecule has 0 bridgehead atoms. The zero-order valence-electron chi connectivity index (χ0n) is 9.52. The van der Waals surface area contributed by atoms with E-state index >= 15 is 0 Å². The lowest BCUT2D eigenvalue weighted by atomic mass is 9.95. The van der Waals surface area contributed by atoms with Gasteiger partial charge in [-0.1, -0.05) is 35.9 Å². The van der Waals surface area contributed by atoms with Crippen molar-refractivity contribution < 1.29 is 4.79 Å². The second kappa shape index (κ2) is 5.48. The molecule has 1 aromatic carbocycles. The molecule has 0 fully saturated rings. The highest BCUT2D eigenvalue weighted by atomic mass is 35.5. The molecule has 0 radical (unpaired) electrons. The molecule has 0 N–H and O–H groups in total. The van der Waals surface area contributed by atoms with Crippen LogP contribution in [0, 0.1) is 6.92 Å². The molecule has 88 valence electrons. The third-order valence-electron chi connectivity index (χ3n) is 2.70. The van der Waals surface area contributed by atoms with Crippen LogP contribution >= 0.6 is 22.9 Å². The molecule has 0 spiro atoms. The Balaban J connectivity index is 2.26. The molecule has 2 rings (SSSR count). The summed E-state index contributed by atoms with van der Waals surface area (Å²) < 4.78 is 0. The summed E-state index contributed by atoms with van der Waals surface area (Å²) in [5.41, 5.74) is 2.15. The van der Waals surface area contributed by atoms with Crippen LogP contribution in [0.3, 0.4) is 0 Å². The van der Waals surface area contributed by atoms with E-state index in [1.165, 1.54) is 4.88 Å². The van der Waals surface area contributed by atoms with Gasteiger partial charge in [-0.2, -0.15) is 0 Å². The normalized spacial score (nSPS) is 12.4. The number of rotatable bonds is 4. The Bertz CT molecular complexity index is 505. The first-order valence-electron chi connectivity index (χ1n) is 5.45. The molecule has 2 aromatic rings. The molecule has 3 heteroatoms. The van der Waals surface area contributed by atoms with Gasteiger partial charge < -0.3 is 0 Å². The highest BCUT2D eigenvalue weighted by Crippen LogP contribution is 2.26. The van der Waals surface area contributed by atoms with E-state index in [9.17, 15) is 4.79 Å². The molecule has 0 aliphatic rings. The van der Waals surface area contributed by atoms with Gasteiger partial charge in [-0.05, 0) is 42.0 Å². The Labute approximate surface area is 110 Å². The van der Waals surface area contributed by atoms with Crippen LogP contribution in [0.25, 0.3) is 0 Å². The van der Waals surface area contributed by atoms with Crippen LogP contribution < -0.4 is 0 Å². The third kappa shape index (κ3) is 3.18. The fraction of sp³-hybridized carbons (Fsp3) is 0.214. The van der Waals surface area contributed by atoms with Crippen LogP contribution in [-0.4, -0.2) is 5.24 Å². The van der Waals surface area contributed by atoms with Crippen LogP contribution in [0.2, 0.25) is 0 Å². The van der Waals surface area contributed by atoms with Crippen LogP contribution in [0.5, 0.6) is 0 Å². The van der Waals surface area contributed by atoms with Crippen molar-refractivity contribution in [1.29, 1.82) is 0 Å². The maximum absolute atomic E-state index is 11.6. The smallest absolute Gasteiger partial charge is 0.229 e. The van der Waals surface area contributed by atoms with E-state index in [2.05, 4.69) is 0 Å². The fourth-order valence-corrected chi connectivity index (χ4v) is 2.80. The number of aryl methyl sites for hydroxylation is 1. The summed E-state index contributed by atoms with van der Waals surface area (Å²) in [6.07, 6.45) is 0.684. The molecule has 1 unspecified atom stereocenters. The van der Waals surface area contributed by atoms with Gasteiger partial charge >= 0.3 is 0 Å². The van der Waals surface area contributed by atoms with Crippen LogP contribution in [-0.2, 0) is 11.2 Å². The van der Waals surface area contributed by atoms with Gasteiger partial charge in [0.2, 0.25) is 5.24 Å². The zero-order valence-corrected chi connectivity index (χ0v) is 11.1. The Morgan fingerprint density at radius 3 is 2.76 bits per heavy atom. The van der Waals surface area contributed by atoms with Gasteiger partial charge in [0.1, 0.15) is 0 Å². The van der Waals surface area contributed by atoms with Crippen molar-refractivity contribution in [3.63, 3.8) is 0 Å². The SMILES string of the molecule is Cc1cccc(C(Cc2cccs2)C(=O)Cl)c1. The number of carbonyl (C=O) groups is 1. The first-order valence-corrected chi connectivity index (χ1v) is 6.71. The van der Waals surface area contributed by atoms with E-state index in [4.69, 9.17) is 11.6 Å². The predicted molar refractivity (Wildman–Crippen MR) is 72.8 cm³/mol. The third-order valence-corrected chi connectivity index (χ3v) is 3.87. The van der Waals surface area contributed by atoms with E-state index < -0.39 is 0 Å². The number of hydrogen-bond acceptors (Lipinski definition) is 2. The number of halogens is 1. The number of hydrogen-bond donors (Lipinski definition) is 0. The number of benzene rings is 1. The molecular formula is C14H13ClOS. The number of thiophene rings is 1. The van der Waals surface area contributed by atoms with E-state index in [1.54, 1.807) is 11.3 Å². The van der Waals surface area contributed by atoms with Gasteiger partial charge in [0.25, 0.3) is 0 Å². The molecule has 1 aromatic heterocycles. The second-order valence-corrected chi connectivity index (χ2v) is 5.46. The monoisotopic (exact) mass is 264 g/mol. The van der Waals surface area contributed by atoms with Crippen molar-refractivity contribution >= 4 is 28.2 Å². The van der Waals surface area contributed by atoms with Gasteiger partial charge in [0.05, 0.1) is 5.92 Å². The minimum Gasteiger partial charge on any atom is -0.281 e. The fourth-order valence-electron chi connectivity index (χ4n) is 1.85. The standard InChI is InChI=1S/C14H13ClOS/c1-10-4-2-5-11(8-10)13(14(15)16)9-12-6-3-7-17-12/h2-8,13H,9H2,1H3. The summed E-state index contributed by atoms with van der Waals surface area (Å²) in [5.74, 6) is -0.241. The molecule has 17 heavy (non-hydrogen) atoms. The predicted octanol–water partition coefficient (Wildman–Crippen LogP) is 4.15.